The highest BCUT2D eigenvalue weighted by Crippen LogP contribution is 2.59. The van der Waals surface area contributed by atoms with Gasteiger partial charge in [-0.15, -0.1) is 0 Å². The van der Waals surface area contributed by atoms with Gasteiger partial charge in [0.25, 0.3) is 0 Å². The van der Waals surface area contributed by atoms with E-state index in [1.165, 1.54) is 55.6 Å². The molecule has 0 saturated heterocycles. The molecule has 268 valence electrons. The Labute approximate surface area is 330 Å². The Hall–Kier alpha value is -7.16. The number of fused-ring (bicyclic) bond motifs is 4. The molecule has 0 aromatic heterocycles. The fraction of sp³-hybridized carbons (Fsp3) is 0.0370. The summed E-state index contributed by atoms with van der Waals surface area (Å²) in [5.74, 6) is 0. The number of hydrogen-bond donors (Lipinski definition) is 0. The van der Waals surface area contributed by atoms with E-state index in [-0.39, 0.29) is 0 Å². The van der Waals surface area contributed by atoms with Crippen LogP contribution in [0.3, 0.4) is 0 Å². The molecular weight excluding hydrogens is 677 g/mol. The lowest BCUT2D eigenvalue weighted by molar-refractivity contribution is 1.22. The third-order valence-corrected chi connectivity index (χ3v) is 10.6. The highest BCUT2D eigenvalue weighted by molar-refractivity contribution is 6.15. The summed E-state index contributed by atoms with van der Waals surface area (Å²) in [5.41, 5.74) is 19.1. The summed E-state index contributed by atoms with van der Waals surface area (Å²) in [4.78, 5) is 4.87. The van der Waals surface area contributed by atoms with Gasteiger partial charge in [0.1, 0.15) is 0 Å². The van der Waals surface area contributed by atoms with E-state index in [0.29, 0.717) is 0 Å². The van der Waals surface area contributed by atoms with Crippen LogP contribution in [0.15, 0.2) is 194 Å². The van der Waals surface area contributed by atoms with Crippen molar-refractivity contribution < 1.29 is 0 Å². The molecule has 0 saturated carbocycles. The van der Waals surface area contributed by atoms with Gasteiger partial charge in [-0.2, -0.15) is 0 Å². The fourth-order valence-corrected chi connectivity index (χ4v) is 7.90. The summed E-state index contributed by atoms with van der Waals surface area (Å²) in [6.45, 7) is 4.44. The Bertz CT molecular complexity index is 2510. The Morgan fingerprint density at radius 1 is 0.304 bits per heavy atom. The van der Waals surface area contributed by atoms with Crippen LogP contribution < -0.4 is 9.80 Å². The maximum atomic E-state index is 2.44. The summed E-state index contributed by atoms with van der Waals surface area (Å²) in [7, 11) is 0. The van der Waals surface area contributed by atoms with E-state index >= 15 is 0 Å². The second-order valence-electron chi connectivity index (χ2n) is 14.3. The van der Waals surface area contributed by atoms with Gasteiger partial charge in [0.2, 0.25) is 0 Å². The summed E-state index contributed by atoms with van der Waals surface area (Å²) >= 11 is 0. The molecule has 1 aliphatic carbocycles. The average molecular weight is 719 g/mol. The van der Waals surface area contributed by atoms with E-state index in [2.05, 4.69) is 242 Å². The minimum Gasteiger partial charge on any atom is -0.310 e. The van der Waals surface area contributed by atoms with Crippen molar-refractivity contribution in [2.45, 2.75) is 13.8 Å². The molecule has 2 nitrogen and oxygen atoms in total. The Morgan fingerprint density at radius 2 is 0.625 bits per heavy atom. The Kier molecular flexibility index (Phi) is 9.45. The number of benzene rings is 8. The highest BCUT2D eigenvalue weighted by atomic mass is 15.2. The molecule has 0 heterocycles. The van der Waals surface area contributed by atoms with Crippen molar-refractivity contribution >= 4 is 58.4 Å². The maximum absolute atomic E-state index is 2.44. The van der Waals surface area contributed by atoms with Crippen molar-refractivity contribution in [3.8, 4) is 22.3 Å². The van der Waals surface area contributed by atoms with E-state index in [4.69, 9.17) is 0 Å². The number of hydrogen-bond acceptors (Lipinski definition) is 2. The monoisotopic (exact) mass is 718 g/mol. The van der Waals surface area contributed by atoms with Crippen LogP contribution in [0.2, 0.25) is 0 Å². The number of aryl methyl sites for hydroxylation is 2. The molecule has 1 aliphatic rings. The van der Waals surface area contributed by atoms with Crippen LogP contribution in [-0.4, -0.2) is 0 Å². The minimum absolute atomic E-state index is 1.12. The smallest absolute Gasteiger partial charge is 0.0548 e. The number of anilines is 6. The van der Waals surface area contributed by atoms with Crippen LogP contribution in [0.4, 0.5) is 34.1 Å². The molecule has 56 heavy (non-hydrogen) atoms. The van der Waals surface area contributed by atoms with Crippen molar-refractivity contribution in [3.05, 3.63) is 228 Å². The van der Waals surface area contributed by atoms with Crippen molar-refractivity contribution in [3.63, 3.8) is 0 Å². The van der Waals surface area contributed by atoms with Crippen molar-refractivity contribution in [2.75, 3.05) is 9.80 Å². The lowest BCUT2D eigenvalue weighted by Gasteiger charge is -2.38. The average Bonchev–Trinajstić information content (AvgIpc) is 3.24. The molecule has 0 radical (unpaired) electrons. The van der Waals surface area contributed by atoms with Crippen LogP contribution in [-0.2, 0) is 0 Å². The predicted molar refractivity (Wildman–Crippen MR) is 240 cm³/mol. The van der Waals surface area contributed by atoms with Gasteiger partial charge < -0.3 is 9.80 Å². The predicted octanol–water partition coefficient (Wildman–Crippen LogP) is 15.2. The molecule has 2 heteroatoms. The van der Waals surface area contributed by atoms with Gasteiger partial charge >= 0.3 is 0 Å². The molecule has 8 aromatic carbocycles. The second kappa shape index (κ2) is 15.3. The first-order valence-corrected chi connectivity index (χ1v) is 19.3. The standard InChI is InChI=1S/C54H42N2/c1-39-37-43(29-27-41-17-7-3-8-18-41)31-33-49(39)55(45-21-11-5-12-22-45)51-35-36-52(54-48-26-16-15-25-47(48)53(51)54)56(46-23-13-6-14-24-46)50-34-32-44(38-40(50)2)30-28-42-19-9-4-10-20-42/h3-38H,1-2H3/b29-27+,30-28+. The number of rotatable bonds is 10. The van der Waals surface area contributed by atoms with E-state index in [0.717, 1.165) is 34.1 Å². The molecule has 0 amide bonds. The second-order valence-corrected chi connectivity index (χ2v) is 14.3. The van der Waals surface area contributed by atoms with Gasteiger partial charge in [-0.25, -0.2) is 0 Å². The van der Waals surface area contributed by atoms with E-state index in [9.17, 15) is 0 Å². The van der Waals surface area contributed by atoms with Crippen LogP contribution in [0.1, 0.15) is 33.4 Å². The molecule has 0 spiro atoms. The SMILES string of the molecule is Cc1cc(/C=C/c2ccccc2)ccc1N(c1ccccc1)c1ccc(N(c2ccccc2)c2ccc(/C=C/c3ccccc3)cc2C)c2c1-c1ccccc1-2. The Balaban J connectivity index is 1.17. The Morgan fingerprint density at radius 3 is 1.00 bits per heavy atom. The molecule has 0 atom stereocenters. The van der Waals surface area contributed by atoms with Crippen LogP contribution in [0.5, 0.6) is 0 Å². The van der Waals surface area contributed by atoms with Gasteiger partial charge in [0, 0.05) is 33.9 Å². The van der Waals surface area contributed by atoms with Gasteiger partial charge in [0.15, 0.2) is 0 Å². The molecule has 9 rings (SSSR count). The molecule has 8 aromatic rings. The van der Waals surface area contributed by atoms with Gasteiger partial charge in [-0.1, -0.05) is 158 Å². The van der Waals surface area contributed by atoms with Gasteiger partial charge in [0.05, 0.1) is 11.4 Å². The molecule has 0 fully saturated rings. The van der Waals surface area contributed by atoms with Crippen molar-refractivity contribution in [1.82, 2.24) is 0 Å². The first kappa shape index (κ1) is 34.6. The quantitative estimate of drug-likeness (QED) is 0.130. The normalized spacial score (nSPS) is 11.6. The zero-order chi connectivity index (χ0) is 37.8. The molecule has 0 unspecified atom stereocenters. The summed E-state index contributed by atoms with van der Waals surface area (Å²) in [6.07, 6.45) is 8.75. The summed E-state index contributed by atoms with van der Waals surface area (Å²) in [6, 6.07) is 69.5. The third kappa shape index (κ3) is 6.74. The van der Waals surface area contributed by atoms with Crippen molar-refractivity contribution in [2.24, 2.45) is 0 Å². The van der Waals surface area contributed by atoms with Crippen LogP contribution >= 0.6 is 0 Å². The van der Waals surface area contributed by atoms with E-state index in [1.807, 2.05) is 0 Å². The first-order valence-electron chi connectivity index (χ1n) is 19.3. The summed E-state index contributed by atoms with van der Waals surface area (Å²) in [5, 5.41) is 0. The molecule has 0 aliphatic heterocycles. The zero-order valence-corrected chi connectivity index (χ0v) is 31.7. The molecular formula is C54H42N2. The van der Waals surface area contributed by atoms with Crippen LogP contribution in [0.25, 0.3) is 46.6 Å². The molecule has 0 N–H and O–H groups in total. The zero-order valence-electron chi connectivity index (χ0n) is 31.7. The third-order valence-electron chi connectivity index (χ3n) is 10.6. The number of nitrogens with zero attached hydrogens (tertiary/aromatic N) is 2. The number of para-hydroxylation sites is 2. The maximum Gasteiger partial charge on any atom is 0.0548 e. The topological polar surface area (TPSA) is 6.48 Å². The van der Waals surface area contributed by atoms with Gasteiger partial charge in [-0.05, 0) is 119 Å². The van der Waals surface area contributed by atoms with Crippen LogP contribution in [0, 0.1) is 13.8 Å². The first-order chi connectivity index (χ1) is 27.6. The lowest BCUT2D eigenvalue weighted by atomic mass is 9.77. The highest BCUT2D eigenvalue weighted by Gasteiger charge is 2.34. The fourth-order valence-electron chi connectivity index (χ4n) is 7.90. The minimum atomic E-state index is 1.12. The van der Waals surface area contributed by atoms with Crippen molar-refractivity contribution in [1.29, 1.82) is 0 Å². The molecule has 0 bridgehead atoms. The van der Waals surface area contributed by atoms with Gasteiger partial charge in [-0.3, -0.25) is 0 Å². The van der Waals surface area contributed by atoms with E-state index < -0.39 is 0 Å². The largest absolute Gasteiger partial charge is 0.310 e. The summed E-state index contributed by atoms with van der Waals surface area (Å²) < 4.78 is 0. The van der Waals surface area contributed by atoms with E-state index in [1.54, 1.807) is 0 Å². The lowest BCUT2D eigenvalue weighted by Crippen LogP contribution is -2.18.